The third kappa shape index (κ3) is 6.67. The predicted molar refractivity (Wildman–Crippen MR) is 125 cm³/mol. The number of anilines is 1. The van der Waals surface area contributed by atoms with Gasteiger partial charge in [-0.05, 0) is 44.9 Å². The Bertz CT molecular complexity index is 829. The van der Waals surface area contributed by atoms with Gasteiger partial charge < -0.3 is 25.4 Å². The number of aliphatic imine (C=N–C) groups is 1. The van der Waals surface area contributed by atoms with Gasteiger partial charge in [0.25, 0.3) is 0 Å². The number of nitrogens with zero attached hydrogens (tertiary/aromatic N) is 3. The van der Waals surface area contributed by atoms with E-state index in [-0.39, 0.29) is 12.2 Å². The van der Waals surface area contributed by atoms with Crippen LogP contribution in [0.3, 0.4) is 0 Å². The largest absolute Gasteiger partial charge is 0.384 e. The van der Waals surface area contributed by atoms with Gasteiger partial charge in [-0.15, -0.1) is 0 Å². The summed E-state index contributed by atoms with van der Waals surface area (Å²) in [4.78, 5) is 11.6. The van der Waals surface area contributed by atoms with Gasteiger partial charge in [0.15, 0.2) is 5.96 Å². The molecule has 2 heterocycles. The van der Waals surface area contributed by atoms with Gasteiger partial charge in [0.1, 0.15) is 11.4 Å². The molecule has 1 aliphatic rings. The first kappa shape index (κ1) is 23.0. The molecule has 0 bridgehead atoms. The van der Waals surface area contributed by atoms with E-state index < -0.39 is 5.60 Å². The Labute approximate surface area is 185 Å². The molecule has 7 heteroatoms. The van der Waals surface area contributed by atoms with Crippen LogP contribution in [0.25, 0.3) is 0 Å². The first-order valence-electron chi connectivity index (χ1n) is 11.0. The van der Waals surface area contributed by atoms with Gasteiger partial charge in [0.2, 0.25) is 0 Å². The van der Waals surface area contributed by atoms with Gasteiger partial charge in [-0.2, -0.15) is 0 Å². The number of ether oxygens (including phenoxy) is 1. The lowest BCUT2D eigenvalue weighted by Crippen LogP contribution is -2.45. The van der Waals surface area contributed by atoms with Crippen LogP contribution in [0.15, 0.2) is 53.7 Å². The number of aliphatic hydroxyl groups is 1. The fraction of sp³-hybridized carbons (Fsp3) is 0.500. The van der Waals surface area contributed by atoms with Crippen molar-refractivity contribution >= 4 is 11.8 Å². The molecule has 1 saturated heterocycles. The maximum Gasteiger partial charge on any atom is 0.191 e. The lowest BCUT2D eigenvalue weighted by atomic mass is 9.96. The molecule has 31 heavy (non-hydrogen) atoms. The van der Waals surface area contributed by atoms with Crippen LogP contribution in [-0.4, -0.2) is 54.4 Å². The highest BCUT2D eigenvalue weighted by Gasteiger charge is 2.24. The summed E-state index contributed by atoms with van der Waals surface area (Å²) in [5.41, 5.74) is 0.905. The molecule has 3 rings (SSSR count). The Balaban J connectivity index is 1.60. The van der Waals surface area contributed by atoms with Gasteiger partial charge in [0.05, 0.1) is 25.3 Å². The minimum Gasteiger partial charge on any atom is -0.384 e. The van der Waals surface area contributed by atoms with Crippen LogP contribution in [-0.2, 0) is 16.9 Å². The molecule has 0 amide bonds. The van der Waals surface area contributed by atoms with Crippen molar-refractivity contribution in [2.45, 2.75) is 52.0 Å². The van der Waals surface area contributed by atoms with Crippen molar-refractivity contribution in [3.63, 3.8) is 0 Å². The summed E-state index contributed by atoms with van der Waals surface area (Å²) in [7, 11) is 0. The predicted octanol–water partition coefficient (Wildman–Crippen LogP) is 2.66. The van der Waals surface area contributed by atoms with Crippen LogP contribution >= 0.6 is 0 Å². The minimum atomic E-state index is -0.993. The lowest BCUT2D eigenvalue weighted by molar-refractivity contribution is -0.00546. The van der Waals surface area contributed by atoms with Gasteiger partial charge in [-0.25, -0.2) is 9.98 Å². The van der Waals surface area contributed by atoms with E-state index >= 15 is 0 Å². The lowest BCUT2D eigenvalue weighted by Gasteiger charge is -2.36. The van der Waals surface area contributed by atoms with Gasteiger partial charge >= 0.3 is 0 Å². The first-order chi connectivity index (χ1) is 14.9. The van der Waals surface area contributed by atoms with Crippen molar-refractivity contribution in [3.8, 4) is 0 Å². The molecule has 168 valence electrons. The number of guanidine groups is 1. The fourth-order valence-corrected chi connectivity index (χ4v) is 3.73. The topological polar surface area (TPSA) is 82.0 Å². The van der Waals surface area contributed by atoms with E-state index in [2.05, 4.69) is 51.5 Å². The summed E-state index contributed by atoms with van der Waals surface area (Å²) in [6, 6.07) is 13.8. The summed E-state index contributed by atoms with van der Waals surface area (Å²) in [5.74, 6) is 1.64. The number of morpholine rings is 1. The molecule has 3 N–H and O–H groups in total. The van der Waals surface area contributed by atoms with Crippen molar-refractivity contribution in [1.29, 1.82) is 0 Å². The van der Waals surface area contributed by atoms with Crippen LogP contribution in [0.4, 0.5) is 5.82 Å². The maximum absolute atomic E-state index is 10.8. The van der Waals surface area contributed by atoms with Crippen molar-refractivity contribution in [2.24, 2.45) is 4.99 Å². The molecule has 3 atom stereocenters. The van der Waals surface area contributed by atoms with E-state index in [9.17, 15) is 5.11 Å². The van der Waals surface area contributed by atoms with E-state index in [1.165, 1.54) is 0 Å². The summed E-state index contributed by atoms with van der Waals surface area (Å²) < 4.78 is 5.81. The highest BCUT2D eigenvalue weighted by atomic mass is 16.5. The zero-order chi connectivity index (χ0) is 22.3. The van der Waals surface area contributed by atoms with Crippen molar-refractivity contribution in [3.05, 3.63) is 59.8 Å². The van der Waals surface area contributed by atoms with E-state index in [0.717, 1.165) is 36.6 Å². The molecule has 0 saturated carbocycles. The van der Waals surface area contributed by atoms with E-state index in [0.29, 0.717) is 19.0 Å². The van der Waals surface area contributed by atoms with Crippen LogP contribution in [0, 0.1) is 0 Å². The standard InChI is InChI=1S/C24H35N5O2/c1-5-25-23(28-17-24(4,30)21-9-7-6-8-10-21)27-14-20-11-12-22(26-13-20)29-15-18(2)31-19(3)16-29/h6-13,18-19,30H,5,14-17H2,1-4H3,(H2,25,27,28). The number of pyridine rings is 1. The number of hydrogen-bond donors (Lipinski definition) is 3. The summed E-state index contributed by atoms with van der Waals surface area (Å²) >= 11 is 0. The minimum absolute atomic E-state index is 0.205. The average molecular weight is 426 g/mol. The third-order valence-corrected chi connectivity index (χ3v) is 5.31. The Hall–Kier alpha value is -2.64. The monoisotopic (exact) mass is 425 g/mol. The molecular weight excluding hydrogens is 390 g/mol. The van der Waals surface area contributed by atoms with E-state index in [1.807, 2.05) is 43.5 Å². The van der Waals surface area contributed by atoms with Crippen molar-refractivity contribution in [1.82, 2.24) is 15.6 Å². The number of benzene rings is 1. The van der Waals surface area contributed by atoms with Crippen LogP contribution < -0.4 is 15.5 Å². The quantitative estimate of drug-likeness (QED) is 0.467. The zero-order valence-corrected chi connectivity index (χ0v) is 19.0. The molecule has 0 radical (unpaired) electrons. The van der Waals surface area contributed by atoms with Gasteiger partial charge in [-0.1, -0.05) is 36.4 Å². The smallest absolute Gasteiger partial charge is 0.191 e. The summed E-state index contributed by atoms with van der Waals surface area (Å²) in [5, 5.41) is 17.3. The highest BCUT2D eigenvalue weighted by molar-refractivity contribution is 5.79. The first-order valence-corrected chi connectivity index (χ1v) is 11.0. The Kier molecular flexibility index (Phi) is 7.87. The summed E-state index contributed by atoms with van der Waals surface area (Å²) in [6.07, 6.45) is 2.29. The van der Waals surface area contributed by atoms with Crippen molar-refractivity contribution in [2.75, 3.05) is 31.1 Å². The fourth-order valence-electron chi connectivity index (χ4n) is 3.73. The molecule has 1 aromatic heterocycles. The van der Waals surface area contributed by atoms with E-state index in [1.54, 1.807) is 6.92 Å². The van der Waals surface area contributed by atoms with E-state index in [4.69, 9.17) is 4.74 Å². The Morgan fingerprint density at radius 2 is 1.87 bits per heavy atom. The molecule has 1 fully saturated rings. The van der Waals surface area contributed by atoms with Gasteiger partial charge in [0, 0.05) is 25.8 Å². The molecule has 3 unspecified atom stereocenters. The third-order valence-electron chi connectivity index (χ3n) is 5.31. The molecule has 2 aromatic rings. The second-order valence-electron chi connectivity index (χ2n) is 8.38. The highest BCUT2D eigenvalue weighted by Crippen LogP contribution is 2.20. The number of rotatable bonds is 7. The Morgan fingerprint density at radius 3 is 2.48 bits per heavy atom. The van der Waals surface area contributed by atoms with Crippen molar-refractivity contribution < 1.29 is 9.84 Å². The maximum atomic E-state index is 10.8. The number of aromatic nitrogens is 1. The second-order valence-corrected chi connectivity index (χ2v) is 8.38. The molecule has 0 aliphatic carbocycles. The summed E-state index contributed by atoms with van der Waals surface area (Å²) in [6.45, 7) is 11.3. The molecule has 0 spiro atoms. The SMILES string of the molecule is CCNC(=NCc1ccc(N2CC(C)OC(C)C2)nc1)NCC(C)(O)c1ccccc1. The number of hydrogen-bond acceptors (Lipinski definition) is 5. The molecule has 1 aliphatic heterocycles. The number of nitrogens with one attached hydrogen (secondary N) is 2. The molecule has 1 aromatic carbocycles. The second kappa shape index (κ2) is 10.6. The van der Waals surface area contributed by atoms with Crippen LogP contribution in [0.1, 0.15) is 38.8 Å². The zero-order valence-electron chi connectivity index (χ0n) is 19.0. The normalized spacial score (nSPS) is 21.5. The Morgan fingerprint density at radius 1 is 1.16 bits per heavy atom. The average Bonchev–Trinajstić information content (AvgIpc) is 2.76. The van der Waals surface area contributed by atoms with Crippen LogP contribution in [0.5, 0.6) is 0 Å². The van der Waals surface area contributed by atoms with Crippen LogP contribution in [0.2, 0.25) is 0 Å². The molecule has 7 nitrogen and oxygen atoms in total. The molecular formula is C24H35N5O2. The van der Waals surface area contributed by atoms with Gasteiger partial charge in [-0.3, -0.25) is 0 Å².